The van der Waals surface area contributed by atoms with Crippen LogP contribution in [0.4, 0.5) is 4.79 Å². The number of amides is 2. The lowest BCUT2D eigenvalue weighted by Crippen LogP contribution is -2.38. The number of nitrogens with zero attached hydrogens (tertiary/aromatic N) is 2. The monoisotopic (exact) mass is 333 g/mol. The van der Waals surface area contributed by atoms with Gasteiger partial charge >= 0.3 is 6.09 Å². The summed E-state index contributed by atoms with van der Waals surface area (Å²) in [7, 11) is 0. The largest absolute Gasteiger partial charge is 0.444 e. The molecule has 132 valence electrons. The number of pyridine rings is 1. The Labute approximate surface area is 143 Å². The van der Waals surface area contributed by atoms with Gasteiger partial charge in [-0.05, 0) is 51.7 Å². The normalized spacial score (nSPS) is 14.1. The van der Waals surface area contributed by atoms with E-state index in [1.165, 1.54) is 0 Å². The van der Waals surface area contributed by atoms with Crippen LogP contribution in [0.5, 0.6) is 0 Å². The molecular weight excluding hydrogens is 306 g/mol. The van der Waals surface area contributed by atoms with Crippen LogP contribution >= 0.6 is 0 Å². The van der Waals surface area contributed by atoms with Crippen molar-refractivity contribution in [2.45, 2.75) is 52.2 Å². The number of carbonyl (C=O) groups is 2. The van der Waals surface area contributed by atoms with Crippen molar-refractivity contribution in [3.05, 3.63) is 30.1 Å². The molecule has 0 saturated heterocycles. The molecule has 0 atom stereocenters. The summed E-state index contributed by atoms with van der Waals surface area (Å²) in [4.78, 5) is 29.8. The summed E-state index contributed by atoms with van der Waals surface area (Å²) in [5.41, 5.74) is 0.412. The van der Waals surface area contributed by atoms with E-state index in [0.717, 1.165) is 18.4 Å². The van der Waals surface area contributed by atoms with Crippen LogP contribution in [0.2, 0.25) is 0 Å². The average Bonchev–Trinajstić information content (AvgIpc) is 3.34. The summed E-state index contributed by atoms with van der Waals surface area (Å²) in [5, 5.41) is 2.92. The van der Waals surface area contributed by atoms with E-state index in [1.54, 1.807) is 17.3 Å². The summed E-state index contributed by atoms with van der Waals surface area (Å²) in [6.45, 7) is 7.09. The van der Waals surface area contributed by atoms with Gasteiger partial charge in [0.25, 0.3) is 0 Å². The third-order valence-corrected chi connectivity index (χ3v) is 3.60. The fourth-order valence-corrected chi connectivity index (χ4v) is 2.24. The molecule has 0 spiro atoms. The molecule has 0 unspecified atom stereocenters. The van der Waals surface area contributed by atoms with Gasteiger partial charge < -0.3 is 15.0 Å². The first-order valence-corrected chi connectivity index (χ1v) is 8.50. The number of aromatic nitrogens is 1. The van der Waals surface area contributed by atoms with Crippen LogP contribution in [0, 0.1) is 5.92 Å². The predicted octanol–water partition coefficient (Wildman–Crippen LogP) is 2.74. The summed E-state index contributed by atoms with van der Waals surface area (Å²) in [6.07, 6.45) is 5.78. The molecule has 0 aromatic carbocycles. The molecule has 1 aromatic heterocycles. The van der Waals surface area contributed by atoms with Gasteiger partial charge in [-0.1, -0.05) is 6.07 Å². The zero-order chi connectivity index (χ0) is 17.6. The molecule has 1 aliphatic rings. The minimum Gasteiger partial charge on any atom is -0.444 e. The SMILES string of the molecule is CC(C)(C)OC(=O)N(CCCNC(=O)C1CC1)Cc1cccnc1. The highest BCUT2D eigenvalue weighted by Crippen LogP contribution is 2.28. The molecule has 1 aliphatic carbocycles. The maximum absolute atomic E-state index is 12.4. The van der Waals surface area contributed by atoms with Gasteiger partial charge in [0.05, 0.1) is 6.54 Å². The van der Waals surface area contributed by atoms with Crippen LogP contribution in [0.25, 0.3) is 0 Å². The van der Waals surface area contributed by atoms with Crippen LogP contribution in [0.3, 0.4) is 0 Å². The molecule has 1 fully saturated rings. The zero-order valence-corrected chi connectivity index (χ0v) is 14.7. The Kier molecular flexibility index (Phi) is 6.17. The van der Waals surface area contributed by atoms with Gasteiger partial charge in [-0.15, -0.1) is 0 Å². The second-order valence-corrected chi connectivity index (χ2v) is 7.18. The number of nitrogens with one attached hydrogen (secondary N) is 1. The first-order chi connectivity index (χ1) is 11.3. The number of ether oxygens (including phenoxy) is 1. The highest BCUT2D eigenvalue weighted by molar-refractivity contribution is 5.80. The van der Waals surface area contributed by atoms with E-state index in [9.17, 15) is 9.59 Å². The van der Waals surface area contributed by atoms with Crippen molar-refractivity contribution in [2.24, 2.45) is 5.92 Å². The summed E-state index contributed by atoms with van der Waals surface area (Å²) >= 11 is 0. The van der Waals surface area contributed by atoms with Crippen LogP contribution in [-0.2, 0) is 16.1 Å². The lowest BCUT2D eigenvalue weighted by atomic mass is 10.2. The molecule has 6 heteroatoms. The lowest BCUT2D eigenvalue weighted by molar-refractivity contribution is -0.122. The average molecular weight is 333 g/mol. The molecule has 0 aliphatic heterocycles. The smallest absolute Gasteiger partial charge is 0.410 e. The van der Waals surface area contributed by atoms with Gasteiger partial charge in [-0.2, -0.15) is 0 Å². The highest BCUT2D eigenvalue weighted by Gasteiger charge is 2.29. The minimum atomic E-state index is -0.537. The second kappa shape index (κ2) is 8.13. The quantitative estimate of drug-likeness (QED) is 0.779. The fraction of sp³-hybridized carbons (Fsp3) is 0.611. The van der Waals surface area contributed by atoms with E-state index >= 15 is 0 Å². The van der Waals surface area contributed by atoms with E-state index in [0.29, 0.717) is 26.1 Å². The molecule has 0 radical (unpaired) electrons. The third kappa shape index (κ3) is 6.56. The van der Waals surface area contributed by atoms with Crippen LogP contribution in [-0.4, -0.2) is 40.6 Å². The second-order valence-electron chi connectivity index (χ2n) is 7.18. The van der Waals surface area contributed by atoms with Gasteiger partial charge in [0.2, 0.25) is 5.91 Å². The van der Waals surface area contributed by atoms with Crippen molar-refractivity contribution in [1.82, 2.24) is 15.2 Å². The summed E-state index contributed by atoms with van der Waals surface area (Å²) < 4.78 is 5.48. The van der Waals surface area contributed by atoms with Gasteiger partial charge in [0.1, 0.15) is 5.60 Å². The van der Waals surface area contributed by atoms with Crippen molar-refractivity contribution in [3.8, 4) is 0 Å². The first kappa shape index (κ1) is 18.2. The Hall–Kier alpha value is -2.11. The van der Waals surface area contributed by atoms with Crippen LogP contribution in [0.15, 0.2) is 24.5 Å². The summed E-state index contributed by atoms with van der Waals surface area (Å²) in [5.74, 6) is 0.341. The van der Waals surface area contributed by atoms with Crippen molar-refractivity contribution in [3.63, 3.8) is 0 Å². The topological polar surface area (TPSA) is 71.5 Å². The molecular formula is C18H27N3O3. The third-order valence-electron chi connectivity index (χ3n) is 3.60. The Balaban J connectivity index is 1.86. The molecule has 1 saturated carbocycles. The van der Waals surface area contributed by atoms with Gasteiger partial charge in [-0.3, -0.25) is 9.78 Å². The molecule has 2 amide bonds. The van der Waals surface area contributed by atoms with E-state index in [1.807, 2.05) is 32.9 Å². The molecule has 1 N–H and O–H groups in total. The van der Waals surface area contributed by atoms with E-state index in [2.05, 4.69) is 10.3 Å². The lowest BCUT2D eigenvalue weighted by Gasteiger charge is -2.27. The zero-order valence-electron chi connectivity index (χ0n) is 14.7. The van der Waals surface area contributed by atoms with E-state index < -0.39 is 5.60 Å². The van der Waals surface area contributed by atoms with Crippen molar-refractivity contribution >= 4 is 12.0 Å². The maximum atomic E-state index is 12.4. The number of hydrogen-bond donors (Lipinski definition) is 1. The van der Waals surface area contributed by atoms with E-state index in [4.69, 9.17) is 4.74 Å². The predicted molar refractivity (Wildman–Crippen MR) is 91.2 cm³/mol. The number of hydrogen-bond acceptors (Lipinski definition) is 4. The molecule has 1 aromatic rings. The van der Waals surface area contributed by atoms with Crippen LogP contribution < -0.4 is 5.32 Å². The molecule has 1 heterocycles. The van der Waals surface area contributed by atoms with Crippen molar-refractivity contribution < 1.29 is 14.3 Å². The number of carbonyl (C=O) groups excluding carboxylic acids is 2. The Morgan fingerprint density at radius 2 is 2.12 bits per heavy atom. The molecule has 24 heavy (non-hydrogen) atoms. The molecule has 6 nitrogen and oxygen atoms in total. The number of rotatable bonds is 7. The fourth-order valence-electron chi connectivity index (χ4n) is 2.24. The standard InChI is InChI=1S/C18H27N3O3/c1-18(2,3)24-17(23)21(13-14-6-4-9-19-12-14)11-5-10-20-16(22)15-7-8-15/h4,6,9,12,15H,5,7-8,10-11,13H2,1-3H3,(H,20,22). The maximum Gasteiger partial charge on any atom is 0.410 e. The van der Waals surface area contributed by atoms with Gasteiger partial charge in [0.15, 0.2) is 0 Å². The van der Waals surface area contributed by atoms with E-state index in [-0.39, 0.29) is 17.9 Å². The highest BCUT2D eigenvalue weighted by atomic mass is 16.6. The summed E-state index contributed by atoms with van der Waals surface area (Å²) in [6, 6.07) is 3.78. The van der Waals surface area contributed by atoms with Crippen molar-refractivity contribution in [2.75, 3.05) is 13.1 Å². The minimum absolute atomic E-state index is 0.131. The van der Waals surface area contributed by atoms with Crippen LogP contribution in [0.1, 0.15) is 45.6 Å². The van der Waals surface area contributed by atoms with Gasteiger partial charge in [0, 0.05) is 31.4 Å². The first-order valence-electron chi connectivity index (χ1n) is 8.50. The van der Waals surface area contributed by atoms with Crippen molar-refractivity contribution in [1.29, 1.82) is 0 Å². The van der Waals surface area contributed by atoms with Gasteiger partial charge in [-0.25, -0.2) is 4.79 Å². The molecule has 0 bridgehead atoms. The Morgan fingerprint density at radius 3 is 2.71 bits per heavy atom. The Bertz CT molecular complexity index is 550. The Morgan fingerprint density at radius 1 is 1.38 bits per heavy atom. The molecule has 2 rings (SSSR count).